The molecule has 0 aromatic heterocycles. The molecule has 4 heteroatoms. The minimum Gasteiger partial charge on any atom is -0.282 e. The maximum absolute atomic E-state index is 12.2. The summed E-state index contributed by atoms with van der Waals surface area (Å²) in [6, 6.07) is 0. The van der Waals surface area contributed by atoms with E-state index in [1.807, 2.05) is 0 Å². The van der Waals surface area contributed by atoms with Gasteiger partial charge in [-0.25, -0.2) is 0 Å². The Hall–Kier alpha value is -0.510. The van der Waals surface area contributed by atoms with Crippen LogP contribution < -0.4 is 0 Å². The van der Waals surface area contributed by atoms with Gasteiger partial charge >= 0.3 is 0 Å². The first-order valence-corrected chi connectivity index (χ1v) is 9.07. The Morgan fingerprint density at radius 3 is 2.55 bits per heavy atom. The fourth-order valence-corrected chi connectivity index (χ4v) is 3.76. The highest BCUT2D eigenvalue weighted by Crippen LogP contribution is 2.26. The summed E-state index contributed by atoms with van der Waals surface area (Å²) in [6.07, 6.45) is 7.28. The molecule has 1 aliphatic heterocycles. The molecule has 0 aliphatic carbocycles. The van der Waals surface area contributed by atoms with Crippen molar-refractivity contribution in [2.45, 2.75) is 71.0 Å². The van der Waals surface area contributed by atoms with Gasteiger partial charge < -0.3 is 0 Å². The lowest BCUT2D eigenvalue weighted by Crippen LogP contribution is -2.32. The number of amides is 2. The number of carbonyl (C=O) groups is 2. The van der Waals surface area contributed by atoms with Crippen molar-refractivity contribution in [3.05, 3.63) is 0 Å². The highest BCUT2D eigenvalue weighted by atomic mass is 32.2. The lowest BCUT2D eigenvalue weighted by molar-refractivity contribution is -0.138. The van der Waals surface area contributed by atoms with Gasteiger partial charge in [-0.15, -0.1) is 11.8 Å². The molecule has 0 saturated carbocycles. The van der Waals surface area contributed by atoms with Crippen molar-refractivity contribution in [2.75, 3.05) is 12.3 Å². The van der Waals surface area contributed by atoms with Crippen LogP contribution in [0.25, 0.3) is 0 Å². The van der Waals surface area contributed by atoms with E-state index < -0.39 is 0 Å². The molecule has 0 N–H and O–H groups in total. The van der Waals surface area contributed by atoms with E-state index in [4.69, 9.17) is 0 Å². The van der Waals surface area contributed by atoms with E-state index in [1.54, 1.807) is 11.8 Å². The van der Waals surface area contributed by atoms with Crippen LogP contribution in [-0.2, 0) is 9.59 Å². The van der Waals surface area contributed by atoms with Crippen molar-refractivity contribution in [1.82, 2.24) is 4.90 Å². The average Bonchev–Trinajstić information content (AvgIpc) is 2.65. The third kappa shape index (κ3) is 5.86. The van der Waals surface area contributed by atoms with Crippen LogP contribution in [0.2, 0.25) is 0 Å². The SMILES string of the molecule is CCCCCCCN1C(=O)CC(SCCC(C)C)C1=O. The molecule has 1 saturated heterocycles. The largest absolute Gasteiger partial charge is 0.282 e. The van der Waals surface area contributed by atoms with E-state index in [0.717, 1.165) is 25.0 Å². The monoisotopic (exact) mass is 299 g/mol. The summed E-state index contributed by atoms with van der Waals surface area (Å²) in [5, 5.41) is -0.114. The first kappa shape index (κ1) is 17.5. The molecular weight excluding hydrogens is 270 g/mol. The van der Waals surface area contributed by atoms with E-state index in [0.29, 0.717) is 18.9 Å². The molecule has 3 nitrogen and oxygen atoms in total. The lowest BCUT2D eigenvalue weighted by atomic mass is 10.1. The Labute approximate surface area is 127 Å². The molecule has 0 aromatic rings. The molecule has 116 valence electrons. The average molecular weight is 299 g/mol. The predicted octanol–water partition coefficient (Wildman–Crippen LogP) is 3.86. The molecule has 0 bridgehead atoms. The Morgan fingerprint density at radius 2 is 1.90 bits per heavy atom. The predicted molar refractivity (Wildman–Crippen MR) is 85.8 cm³/mol. The third-order valence-electron chi connectivity index (χ3n) is 3.70. The second-order valence-electron chi connectivity index (χ2n) is 6.04. The summed E-state index contributed by atoms with van der Waals surface area (Å²) in [7, 11) is 0. The lowest BCUT2D eigenvalue weighted by Gasteiger charge is -2.14. The zero-order valence-electron chi connectivity index (χ0n) is 13.2. The molecule has 1 aliphatic rings. The summed E-state index contributed by atoms with van der Waals surface area (Å²) in [5.41, 5.74) is 0. The third-order valence-corrected chi connectivity index (χ3v) is 4.94. The van der Waals surface area contributed by atoms with Crippen molar-refractivity contribution < 1.29 is 9.59 Å². The normalized spacial score (nSPS) is 19.4. The van der Waals surface area contributed by atoms with Crippen molar-refractivity contribution in [3.63, 3.8) is 0 Å². The standard InChI is InChI=1S/C16H29NO2S/c1-4-5-6-7-8-10-17-15(18)12-14(16(17)19)20-11-9-13(2)3/h13-14H,4-12H2,1-3H3. The van der Waals surface area contributed by atoms with Crippen LogP contribution >= 0.6 is 11.8 Å². The van der Waals surface area contributed by atoms with Crippen molar-refractivity contribution >= 4 is 23.6 Å². The number of likely N-dealkylation sites (tertiary alicyclic amines) is 1. The molecule has 0 spiro atoms. The molecule has 0 radical (unpaired) electrons. The molecule has 20 heavy (non-hydrogen) atoms. The number of hydrogen-bond donors (Lipinski definition) is 0. The Kier molecular flexibility index (Phi) is 8.27. The van der Waals surface area contributed by atoms with Gasteiger partial charge in [0.15, 0.2) is 0 Å². The minimum atomic E-state index is -0.114. The van der Waals surface area contributed by atoms with Crippen LogP contribution in [0.3, 0.4) is 0 Å². The zero-order valence-corrected chi connectivity index (χ0v) is 14.0. The Morgan fingerprint density at radius 1 is 1.20 bits per heavy atom. The number of nitrogens with zero attached hydrogens (tertiary/aromatic N) is 1. The van der Waals surface area contributed by atoms with Crippen LogP contribution in [0, 0.1) is 5.92 Å². The van der Waals surface area contributed by atoms with Gasteiger partial charge in [0, 0.05) is 13.0 Å². The zero-order chi connectivity index (χ0) is 15.0. The topological polar surface area (TPSA) is 37.4 Å². The summed E-state index contributed by atoms with van der Waals surface area (Å²) in [5.74, 6) is 1.72. The van der Waals surface area contributed by atoms with Crippen molar-refractivity contribution in [3.8, 4) is 0 Å². The van der Waals surface area contributed by atoms with Crippen LogP contribution in [0.5, 0.6) is 0 Å². The van der Waals surface area contributed by atoms with Gasteiger partial charge in [-0.3, -0.25) is 14.5 Å². The van der Waals surface area contributed by atoms with E-state index in [-0.39, 0.29) is 17.1 Å². The van der Waals surface area contributed by atoms with E-state index in [2.05, 4.69) is 20.8 Å². The highest BCUT2D eigenvalue weighted by molar-refractivity contribution is 8.00. The van der Waals surface area contributed by atoms with Crippen LogP contribution in [-0.4, -0.2) is 34.3 Å². The maximum Gasteiger partial charge on any atom is 0.242 e. The van der Waals surface area contributed by atoms with Gasteiger partial charge in [0.05, 0.1) is 5.25 Å². The Bertz CT molecular complexity index is 318. The second-order valence-corrected chi connectivity index (χ2v) is 7.35. The molecule has 1 fully saturated rings. The van der Waals surface area contributed by atoms with Crippen molar-refractivity contribution in [1.29, 1.82) is 0 Å². The van der Waals surface area contributed by atoms with E-state index in [9.17, 15) is 9.59 Å². The Balaban J connectivity index is 2.27. The molecule has 1 heterocycles. The van der Waals surface area contributed by atoms with E-state index in [1.165, 1.54) is 24.2 Å². The van der Waals surface area contributed by atoms with Gasteiger partial charge in [-0.1, -0.05) is 46.5 Å². The number of thioether (sulfide) groups is 1. The number of rotatable bonds is 10. The number of imide groups is 1. The summed E-state index contributed by atoms with van der Waals surface area (Å²) in [4.78, 5) is 25.6. The molecule has 0 aromatic carbocycles. The smallest absolute Gasteiger partial charge is 0.242 e. The van der Waals surface area contributed by atoms with Crippen LogP contribution in [0.15, 0.2) is 0 Å². The fraction of sp³-hybridized carbons (Fsp3) is 0.875. The summed E-state index contributed by atoms with van der Waals surface area (Å²) < 4.78 is 0. The number of unbranched alkanes of at least 4 members (excludes halogenated alkanes) is 4. The van der Waals surface area contributed by atoms with Gasteiger partial charge in [-0.05, 0) is 24.5 Å². The summed E-state index contributed by atoms with van der Waals surface area (Å²) >= 11 is 1.66. The number of hydrogen-bond acceptors (Lipinski definition) is 3. The first-order chi connectivity index (χ1) is 9.56. The van der Waals surface area contributed by atoms with Gasteiger partial charge in [-0.2, -0.15) is 0 Å². The van der Waals surface area contributed by atoms with Gasteiger partial charge in [0.25, 0.3) is 0 Å². The van der Waals surface area contributed by atoms with Crippen LogP contribution in [0.4, 0.5) is 0 Å². The first-order valence-electron chi connectivity index (χ1n) is 8.02. The minimum absolute atomic E-state index is 0.0348. The maximum atomic E-state index is 12.2. The summed E-state index contributed by atoms with van der Waals surface area (Å²) in [6.45, 7) is 7.19. The van der Waals surface area contributed by atoms with Crippen molar-refractivity contribution in [2.24, 2.45) is 5.92 Å². The number of carbonyl (C=O) groups excluding carboxylic acids is 2. The quantitative estimate of drug-likeness (QED) is 0.454. The van der Waals surface area contributed by atoms with Gasteiger partial charge in [0.1, 0.15) is 0 Å². The molecule has 2 amide bonds. The van der Waals surface area contributed by atoms with Crippen LogP contribution in [0.1, 0.15) is 65.7 Å². The molecular formula is C16H29NO2S. The van der Waals surface area contributed by atoms with Gasteiger partial charge in [0.2, 0.25) is 11.8 Å². The molecule has 1 rings (SSSR count). The molecule has 1 unspecified atom stereocenters. The fourth-order valence-electron chi connectivity index (χ4n) is 2.34. The second kappa shape index (κ2) is 9.43. The highest BCUT2D eigenvalue weighted by Gasteiger charge is 2.38. The van der Waals surface area contributed by atoms with E-state index >= 15 is 0 Å². The molecule has 1 atom stereocenters.